The number of fused-ring (bicyclic) bond motifs is 1. The van der Waals surface area contributed by atoms with Crippen LogP contribution >= 0.6 is 0 Å². The number of pyridine rings is 1. The average Bonchev–Trinajstić information content (AvgIpc) is 3.15. The van der Waals surface area contributed by atoms with E-state index in [4.69, 9.17) is 10.5 Å². The van der Waals surface area contributed by atoms with Crippen molar-refractivity contribution in [2.75, 3.05) is 38.6 Å². The van der Waals surface area contributed by atoms with E-state index in [0.717, 1.165) is 19.6 Å². The molecule has 3 aromatic rings. The zero-order chi connectivity index (χ0) is 20.4. The molecule has 150 valence electrons. The van der Waals surface area contributed by atoms with E-state index >= 15 is 0 Å². The highest BCUT2D eigenvalue weighted by atomic mass is 19.3. The normalized spacial score (nSPS) is 15.1. The van der Waals surface area contributed by atoms with Crippen LogP contribution in [-0.2, 0) is 11.3 Å². The van der Waals surface area contributed by atoms with Crippen LogP contribution in [0.2, 0.25) is 0 Å². The number of nitrogens with two attached hydrogens (primary N) is 1. The first-order valence-electron chi connectivity index (χ1n) is 9.31. The Labute approximate surface area is 166 Å². The SMILES string of the molecule is N#Cc1cc(-c2cc(C(F)F)c3cn(CCN4CCOCC4)nc3n2)ccc1N. The number of ether oxygens (including phenoxy) is 1. The Morgan fingerprint density at radius 2 is 2.00 bits per heavy atom. The van der Waals surface area contributed by atoms with Gasteiger partial charge in [-0.25, -0.2) is 13.8 Å². The van der Waals surface area contributed by atoms with Crippen LogP contribution in [-0.4, -0.2) is 52.5 Å². The third-order valence-electron chi connectivity index (χ3n) is 5.03. The zero-order valence-electron chi connectivity index (χ0n) is 15.7. The maximum Gasteiger partial charge on any atom is 0.264 e. The van der Waals surface area contributed by atoms with Crippen LogP contribution in [0.4, 0.5) is 14.5 Å². The molecule has 4 rings (SSSR count). The number of alkyl halides is 2. The van der Waals surface area contributed by atoms with Crippen LogP contribution in [0.5, 0.6) is 0 Å². The highest BCUT2D eigenvalue weighted by Crippen LogP contribution is 2.31. The second-order valence-corrected chi connectivity index (χ2v) is 6.89. The predicted molar refractivity (Wildman–Crippen MR) is 104 cm³/mol. The van der Waals surface area contributed by atoms with Crippen molar-refractivity contribution in [2.45, 2.75) is 13.0 Å². The van der Waals surface area contributed by atoms with E-state index in [-0.39, 0.29) is 16.8 Å². The largest absolute Gasteiger partial charge is 0.398 e. The lowest BCUT2D eigenvalue weighted by Gasteiger charge is -2.26. The molecule has 0 radical (unpaired) electrons. The summed E-state index contributed by atoms with van der Waals surface area (Å²) in [6, 6.07) is 8.14. The van der Waals surface area contributed by atoms with E-state index < -0.39 is 6.43 Å². The molecule has 0 atom stereocenters. The molecule has 1 aliphatic rings. The molecule has 2 aromatic heterocycles. The summed E-state index contributed by atoms with van der Waals surface area (Å²) in [6.07, 6.45) is -1.04. The molecule has 2 N–H and O–H groups in total. The van der Waals surface area contributed by atoms with Crippen molar-refractivity contribution < 1.29 is 13.5 Å². The number of rotatable bonds is 5. The molecule has 0 aliphatic carbocycles. The van der Waals surface area contributed by atoms with Gasteiger partial charge in [0.2, 0.25) is 0 Å². The summed E-state index contributed by atoms with van der Waals surface area (Å²) < 4.78 is 34.5. The quantitative estimate of drug-likeness (QED) is 0.665. The molecule has 29 heavy (non-hydrogen) atoms. The van der Waals surface area contributed by atoms with E-state index in [1.54, 1.807) is 29.1 Å². The smallest absolute Gasteiger partial charge is 0.264 e. The van der Waals surface area contributed by atoms with E-state index in [0.29, 0.717) is 42.1 Å². The number of morpholine rings is 1. The Morgan fingerprint density at radius 1 is 1.21 bits per heavy atom. The van der Waals surface area contributed by atoms with E-state index in [1.165, 1.54) is 6.07 Å². The molecule has 0 amide bonds. The van der Waals surface area contributed by atoms with Gasteiger partial charge in [-0.3, -0.25) is 9.58 Å². The molecular formula is C20H20F2N6O. The molecule has 0 bridgehead atoms. The van der Waals surface area contributed by atoms with Crippen molar-refractivity contribution in [3.05, 3.63) is 41.6 Å². The molecule has 0 saturated carbocycles. The van der Waals surface area contributed by atoms with E-state index in [2.05, 4.69) is 15.0 Å². The maximum atomic E-state index is 13.7. The van der Waals surface area contributed by atoms with Gasteiger partial charge in [-0.2, -0.15) is 10.4 Å². The predicted octanol–water partition coefficient (Wildman–Crippen LogP) is 2.82. The van der Waals surface area contributed by atoms with Gasteiger partial charge in [-0.1, -0.05) is 6.07 Å². The van der Waals surface area contributed by atoms with Crippen LogP contribution in [0.1, 0.15) is 17.6 Å². The fraction of sp³-hybridized carbons (Fsp3) is 0.350. The highest BCUT2D eigenvalue weighted by Gasteiger charge is 2.19. The summed E-state index contributed by atoms with van der Waals surface area (Å²) in [5, 5.41) is 13.9. The molecule has 0 unspecified atom stereocenters. The van der Waals surface area contributed by atoms with Gasteiger partial charge in [0.25, 0.3) is 6.43 Å². The number of anilines is 1. The van der Waals surface area contributed by atoms with Gasteiger partial charge in [0.15, 0.2) is 5.65 Å². The number of halogens is 2. The van der Waals surface area contributed by atoms with Crippen molar-refractivity contribution in [1.82, 2.24) is 19.7 Å². The molecule has 9 heteroatoms. The van der Waals surface area contributed by atoms with Crippen molar-refractivity contribution in [2.24, 2.45) is 0 Å². The van der Waals surface area contributed by atoms with E-state index in [1.807, 2.05) is 6.07 Å². The van der Waals surface area contributed by atoms with Crippen LogP contribution in [0, 0.1) is 11.3 Å². The first-order valence-corrected chi connectivity index (χ1v) is 9.31. The van der Waals surface area contributed by atoms with Crippen molar-refractivity contribution in [3.8, 4) is 17.3 Å². The summed E-state index contributed by atoms with van der Waals surface area (Å²) in [4.78, 5) is 6.71. The zero-order valence-corrected chi connectivity index (χ0v) is 15.7. The summed E-state index contributed by atoms with van der Waals surface area (Å²) in [5.74, 6) is 0. The summed E-state index contributed by atoms with van der Waals surface area (Å²) in [7, 11) is 0. The lowest BCUT2D eigenvalue weighted by molar-refractivity contribution is 0.0360. The monoisotopic (exact) mass is 398 g/mol. The van der Waals surface area contributed by atoms with Gasteiger partial charge in [-0.15, -0.1) is 0 Å². The Kier molecular flexibility index (Phi) is 5.38. The first-order chi connectivity index (χ1) is 14.0. The van der Waals surface area contributed by atoms with Gasteiger partial charge in [0.05, 0.1) is 31.0 Å². The number of hydrogen-bond acceptors (Lipinski definition) is 6. The van der Waals surface area contributed by atoms with Crippen LogP contribution in [0.15, 0.2) is 30.5 Å². The molecule has 3 heterocycles. The molecular weight excluding hydrogens is 378 g/mol. The van der Waals surface area contributed by atoms with Crippen LogP contribution in [0.3, 0.4) is 0 Å². The van der Waals surface area contributed by atoms with Crippen LogP contribution < -0.4 is 5.73 Å². The first kappa shape index (κ1) is 19.2. The second-order valence-electron chi connectivity index (χ2n) is 6.89. The Balaban J connectivity index is 1.68. The average molecular weight is 398 g/mol. The lowest BCUT2D eigenvalue weighted by Crippen LogP contribution is -2.38. The molecule has 7 nitrogen and oxygen atoms in total. The standard InChI is InChI=1S/C20H20F2N6O/c21-19(22)15-10-18(13-1-2-17(24)14(9-13)11-23)25-20-16(15)12-28(26-20)4-3-27-5-7-29-8-6-27/h1-2,9-10,12,19H,3-8,24H2. The van der Waals surface area contributed by atoms with Crippen molar-refractivity contribution >= 4 is 16.7 Å². The second kappa shape index (κ2) is 8.11. The minimum absolute atomic E-state index is 0.127. The summed E-state index contributed by atoms with van der Waals surface area (Å²) in [5.41, 5.74) is 7.38. The minimum atomic E-state index is -2.67. The van der Waals surface area contributed by atoms with Gasteiger partial charge in [0.1, 0.15) is 6.07 Å². The lowest BCUT2D eigenvalue weighted by atomic mass is 10.0. The molecule has 0 spiro atoms. The van der Waals surface area contributed by atoms with Gasteiger partial charge in [-0.05, 0) is 18.2 Å². The van der Waals surface area contributed by atoms with Crippen molar-refractivity contribution in [1.29, 1.82) is 5.26 Å². The fourth-order valence-electron chi connectivity index (χ4n) is 3.39. The van der Waals surface area contributed by atoms with Gasteiger partial charge >= 0.3 is 0 Å². The highest BCUT2D eigenvalue weighted by molar-refractivity contribution is 5.82. The molecule has 1 aliphatic heterocycles. The maximum absolute atomic E-state index is 13.7. The summed E-state index contributed by atoms with van der Waals surface area (Å²) in [6.45, 7) is 4.45. The van der Waals surface area contributed by atoms with Gasteiger partial charge < -0.3 is 10.5 Å². The number of aromatic nitrogens is 3. The Hall–Kier alpha value is -3.09. The fourth-order valence-corrected chi connectivity index (χ4v) is 3.39. The number of benzene rings is 1. The number of nitrogens with zero attached hydrogens (tertiary/aromatic N) is 5. The third-order valence-corrected chi connectivity index (χ3v) is 5.03. The minimum Gasteiger partial charge on any atom is -0.398 e. The molecule has 1 aromatic carbocycles. The number of nitrogen functional groups attached to an aromatic ring is 1. The third kappa shape index (κ3) is 4.04. The summed E-state index contributed by atoms with van der Waals surface area (Å²) >= 11 is 0. The Morgan fingerprint density at radius 3 is 2.72 bits per heavy atom. The number of hydrogen-bond donors (Lipinski definition) is 1. The van der Waals surface area contributed by atoms with Crippen LogP contribution in [0.25, 0.3) is 22.3 Å². The number of nitriles is 1. The van der Waals surface area contributed by atoms with Crippen molar-refractivity contribution in [3.63, 3.8) is 0 Å². The molecule has 1 fully saturated rings. The Bertz CT molecular complexity index is 1070. The topological polar surface area (TPSA) is 93.0 Å². The van der Waals surface area contributed by atoms with Gasteiger partial charge in [0, 0.05) is 48.0 Å². The van der Waals surface area contributed by atoms with E-state index in [9.17, 15) is 14.0 Å². The molecule has 1 saturated heterocycles.